The number of amides is 1. The van der Waals surface area contributed by atoms with Gasteiger partial charge in [0.2, 0.25) is 15.9 Å². The number of anilines is 2. The normalized spacial score (nSPS) is 17.3. The van der Waals surface area contributed by atoms with Gasteiger partial charge in [0, 0.05) is 18.2 Å². The maximum absolute atomic E-state index is 12.0. The van der Waals surface area contributed by atoms with Gasteiger partial charge in [-0.1, -0.05) is 13.0 Å². The van der Waals surface area contributed by atoms with Gasteiger partial charge in [0.05, 0.1) is 11.4 Å². The minimum absolute atomic E-state index is 0. The Morgan fingerprint density at radius 2 is 2.09 bits per heavy atom. The quantitative estimate of drug-likeness (QED) is 0.695. The lowest BCUT2D eigenvalue weighted by Gasteiger charge is -2.12. The van der Waals surface area contributed by atoms with Gasteiger partial charge in [-0.05, 0) is 44.0 Å². The monoisotopic (exact) mass is 361 g/mol. The predicted octanol–water partition coefficient (Wildman–Crippen LogP) is 2.34. The van der Waals surface area contributed by atoms with E-state index in [1.807, 2.05) is 6.92 Å². The Morgan fingerprint density at radius 3 is 2.74 bits per heavy atom. The molecule has 2 rings (SSSR count). The van der Waals surface area contributed by atoms with Crippen molar-refractivity contribution in [2.75, 3.05) is 22.3 Å². The lowest BCUT2D eigenvalue weighted by Crippen LogP contribution is -2.27. The summed E-state index contributed by atoms with van der Waals surface area (Å²) in [4.78, 5) is 12.0. The Hall–Kier alpha value is -1.31. The van der Waals surface area contributed by atoms with Gasteiger partial charge in [-0.3, -0.25) is 9.52 Å². The van der Waals surface area contributed by atoms with Crippen molar-refractivity contribution in [3.8, 4) is 0 Å². The number of sulfonamides is 1. The van der Waals surface area contributed by atoms with Crippen LogP contribution in [0.25, 0.3) is 0 Å². The highest BCUT2D eigenvalue weighted by molar-refractivity contribution is 7.92. The van der Waals surface area contributed by atoms with Crippen molar-refractivity contribution in [3.05, 3.63) is 24.3 Å². The Morgan fingerprint density at radius 1 is 1.35 bits per heavy atom. The van der Waals surface area contributed by atoms with E-state index in [1.54, 1.807) is 24.3 Å². The molecule has 1 aromatic rings. The van der Waals surface area contributed by atoms with Crippen LogP contribution in [-0.4, -0.2) is 32.7 Å². The first-order valence-electron chi connectivity index (χ1n) is 7.62. The summed E-state index contributed by atoms with van der Waals surface area (Å²) in [6.07, 6.45) is 3.11. The Kier molecular flexibility index (Phi) is 7.81. The average molecular weight is 362 g/mol. The molecule has 1 saturated heterocycles. The van der Waals surface area contributed by atoms with Crippen LogP contribution >= 0.6 is 12.4 Å². The van der Waals surface area contributed by atoms with Crippen LogP contribution in [0.15, 0.2) is 24.3 Å². The number of nitrogens with one attached hydrogen (secondary N) is 3. The van der Waals surface area contributed by atoms with Crippen molar-refractivity contribution in [2.24, 2.45) is 0 Å². The maximum Gasteiger partial charge on any atom is 0.232 e. The smallest absolute Gasteiger partial charge is 0.232 e. The molecule has 0 bridgehead atoms. The molecular formula is C15H24ClN3O3S. The van der Waals surface area contributed by atoms with E-state index in [2.05, 4.69) is 15.4 Å². The largest absolute Gasteiger partial charge is 0.326 e. The van der Waals surface area contributed by atoms with Crippen LogP contribution in [-0.2, 0) is 14.8 Å². The Bertz CT molecular complexity index is 616. The van der Waals surface area contributed by atoms with Gasteiger partial charge in [0.15, 0.2) is 0 Å². The van der Waals surface area contributed by atoms with Gasteiger partial charge < -0.3 is 10.6 Å². The van der Waals surface area contributed by atoms with E-state index in [1.165, 1.54) is 0 Å². The molecule has 8 heteroatoms. The summed E-state index contributed by atoms with van der Waals surface area (Å²) < 4.78 is 26.0. The SMILES string of the molecule is CCCS(=O)(=O)Nc1cccc(NC(=O)CC2CCCN2)c1.Cl. The molecule has 3 N–H and O–H groups in total. The van der Waals surface area contributed by atoms with Gasteiger partial charge in [-0.25, -0.2) is 8.42 Å². The van der Waals surface area contributed by atoms with E-state index in [0.29, 0.717) is 24.2 Å². The lowest BCUT2D eigenvalue weighted by molar-refractivity contribution is -0.116. The number of rotatable bonds is 7. The highest BCUT2D eigenvalue weighted by atomic mass is 35.5. The fraction of sp³-hybridized carbons (Fsp3) is 0.533. The summed E-state index contributed by atoms with van der Waals surface area (Å²) in [7, 11) is -3.32. The van der Waals surface area contributed by atoms with Crippen LogP contribution in [0, 0.1) is 0 Å². The molecule has 0 aliphatic carbocycles. The van der Waals surface area contributed by atoms with E-state index in [0.717, 1.165) is 19.4 Å². The fourth-order valence-corrected chi connectivity index (χ4v) is 3.65. The Balaban J connectivity index is 0.00000264. The summed E-state index contributed by atoms with van der Waals surface area (Å²) in [5, 5.41) is 6.09. The summed E-state index contributed by atoms with van der Waals surface area (Å²) in [6, 6.07) is 7.01. The molecule has 6 nitrogen and oxygen atoms in total. The van der Waals surface area contributed by atoms with Crippen LogP contribution in [0.1, 0.15) is 32.6 Å². The molecule has 1 aromatic carbocycles. The van der Waals surface area contributed by atoms with E-state index < -0.39 is 10.0 Å². The second-order valence-electron chi connectivity index (χ2n) is 5.55. The van der Waals surface area contributed by atoms with E-state index >= 15 is 0 Å². The third kappa shape index (κ3) is 6.76. The topological polar surface area (TPSA) is 87.3 Å². The number of halogens is 1. The van der Waals surface area contributed by atoms with Gasteiger partial charge >= 0.3 is 0 Å². The molecule has 0 radical (unpaired) electrons. The second kappa shape index (κ2) is 9.10. The molecule has 0 aromatic heterocycles. The summed E-state index contributed by atoms with van der Waals surface area (Å²) in [5.41, 5.74) is 1.06. The molecule has 1 unspecified atom stereocenters. The van der Waals surface area contributed by atoms with Crippen molar-refractivity contribution in [2.45, 2.75) is 38.6 Å². The second-order valence-corrected chi connectivity index (χ2v) is 7.39. The van der Waals surface area contributed by atoms with Gasteiger partial charge in [-0.15, -0.1) is 12.4 Å². The summed E-state index contributed by atoms with van der Waals surface area (Å²) in [5.74, 6) is 0.0182. The van der Waals surface area contributed by atoms with Crippen molar-refractivity contribution >= 4 is 39.7 Å². The van der Waals surface area contributed by atoms with E-state index in [-0.39, 0.29) is 30.1 Å². The fourth-order valence-electron chi connectivity index (χ4n) is 2.53. The number of hydrogen-bond donors (Lipinski definition) is 3. The van der Waals surface area contributed by atoms with Crippen LogP contribution in [0.2, 0.25) is 0 Å². The van der Waals surface area contributed by atoms with E-state index in [4.69, 9.17) is 0 Å². The molecule has 23 heavy (non-hydrogen) atoms. The molecule has 0 saturated carbocycles. The van der Waals surface area contributed by atoms with Crippen molar-refractivity contribution in [1.29, 1.82) is 0 Å². The highest BCUT2D eigenvalue weighted by Crippen LogP contribution is 2.17. The first kappa shape index (κ1) is 19.7. The summed E-state index contributed by atoms with van der Waals surface area (Å²) >= 11 is 0. The van der Waals surface area contributed by atoms with Gasteiger partial charge in [-0.2, -0.15) is 0 Å². The molecule has 1 heterocycles. The maximum atomic E-state index is 12.0. The Labute approximate surface area is 143 Å². The summed E-state index contributed by atoms with van der Waals surface area (Å²) in [6.45, 7) is 2.78. The molecule has 1 amide bonds. The third-order valence-electron chi connectivity index (χ3n) is 3.49. The van der Waals surface area contributed by atoms with Gasteiger partial charge in [0.25, 0.3) is 0 Å². The number of carbonyl (C=O) groups is 1. The first-order valence-corrected chi connectivity index (χ1v) is 9.27. The molecule has 0 spiro atoms. The molecule has 1 aliphatic heterocycles. The molecule has 1 aliphatic rings. The molecule has 1 fully saturated rings. The molecular weight excluding hydrogens is 338 g/mol. The zero-order valence-electron chi connectivity index (χ0n) is 13.2. The number of hydrogen-bond acceptors (Lipinski definition) is 4. The molecule has 1 atom stereocenters. The van der Waals surface area contributed by atoms with Gasteiger partial charge in [0.1, 0.15) is 0 Å². The third-order valence-corrected chi connectivity index (χ3v) is 4.98. The lowest BCUT2D eigenvalue weighted by atomic mass is 10.1. The highest BCUT2D eigenvalue weighted by Gasteiger charge is 2.17. The minimum atomic E-state index is -3.32. The zero-order chi connectivity index (χ0) is 16.0. The standard InChI is InChI=1S/C15H23N3O3S.ClH/c1-2-9-22(20,21)18-14-6-3-5-13(10-14)17-15(19)11-12-7-4-8-16-12;/h3,5-6,10,12,16,18H,2,4,7-9,11H2,1H3,(H,17,19);1H. The minimum Gasteiger partial charge on any atom is -0.326 e. The van der Waals surface area contributed by atoms with E-state index in [9.17, 15) is 13.2 Å². The number of carbonyl (C=O) groups excluding carboxylic acids is 1. The van der Waals surface area contributed by atoms with Crippen LogP contribution < -0.4 is 15.4 Å². The average Bonchev–Trinajstić information content (AvgIpc) is 2.90. The number of benzene rings is 1. The first-order chi connectivity index (χ1) is 10.5. The zero-order valence-corrected chi connectivity index (χ0v) is 14.8. The molecule has 130 valence electrons. The van der Waals surface area contributed by atoms with Crippen LogP contribution in [0.4, 0.5) is 11.4 Å². The van der Waals surface area contributed by atoms with Crippen LogP contribution in [0.5, 0.6) is 0 Å². The van der Waals surface area contributed by atoms with Crippen LogP contribution in [0.3, 0.4) is 0 Å². The van der Waals surface area contributed by atoms with Crippen molar-refractivity contribution in [3.63, 3.8) is 0 Å². The van der Waals surface area contributed by atoms with Crippen molar-refractivity contribution in [1.82, 2.24) is 5.32 Å². The predicted molar refractivity (Wildman–Crippen MR) is 95.7 cm³/mol. The van der Waals surface area contributed by atoms with Crippen molar-refractivity contribution < 1.29 is 13.2 Å².